The molecule has 0 aromatic heterocycles. The minimum Gasteiger partial charge on any atom is -0.480 e. The fourth-order valence-electron chi connectivity index (χ4n) is 0.841. The number of amides is 1. The first-order valence-electron chi connectivity index (χ1n) is 3.29. The van der Waals surface area contributed by atoms with E-state index in [0.717, 1.165) is 5.01 Å². The van der Waals surface area contributed by atoms with Gasteiger partial charge in [-0.05, 0) is 6.42 Å². The highest BCUT2D eigenvalue weighted by atomic mass is 16.4. The van der Waals surface area contributed by atoms with Gasteiger partial charge in [-0.2, -0.15) is 0 Å². The quantitative estimate of drug-likeness (QED) is 0.511. The number of nitrogens with zero attached hydrogens (tertiary/aromatic N) is 1. The molecule has 0 saturated heterocycles. The first-order valence-corrected chi connectivity index (χ1v) is 3.29. The van der Waals surface area contributed by atoms with Crippen LogP contribution in [0.4, 0.5) is 4.79 Å². The van der Waals surface area contributed by atoms with Crippen LogP contribution in [0.2, 0.25) is 0 Å². The first kappa shape index (κ1) is 8.54. The van der Waals surface area contributed by atoms with E-state index in [9.17, 15) is 9.59 Å². The molecule has 1 unspecified atom stereocenters. The molecule has 0 fully saturated rings. The summed E-state index contributed by atoms with van der Waals surface area (Å²) in [6, 6.07) is -0.855. The SMILES string of the molecule is O=C(O)C1CC=CN(C(=O)O)N1. The third-order valence-corrected chi connectivity index (χ3v) is 1.43. The Labute approximate surface area is 68.1 Å². The maximum Gasteiger partial charge on any atom is 0.426 e. The molecule has 0 aliphatic carbocycles. The van der Waals surface area contributed by atoms with Crippen molar-refractivity contribution < 1.29 is 19.8 Å². The van der Waals surface area contributed by atoms with E-state index in [-0.39, 0.29) is 0 Å². The normalized spacial score (nSPS) is 22.3. The Morgan fingerprint density at radius 1 is 1.50 bits per heavy atom. The molecule has 0 aromatic carbocycles. The van der Waals surface area contributed by atoms with Crippen molar-refractivity contribution in [3.8, 4) is 0 Å². The molecule has 3 N–H and O–H groups in total. The molecule has 12 heavy (non-hydrogen) atoms. The molecule has 1 heterocycles. The number of rotatable bonds is 1. The van der Waals surface area contributed by atoms with E-state index >= 15 is 0 Å². The van der Waals surface area contributed by atoms with Crippen molar-refractivity contribution in [2.24, 2.45) is 0 Å². The maximum absolute atomic E-state index is 10.4. The summed E-state index contributed by atoms with van der Waals surface area (Å²) in [6.45, 7) is 0. The van der Waals surface area contributed by atoms with E-state index in [1.54, 1.807) is 0 Å². The Morgan fingerprint density at radius 3 is 2.67 bits per heavy atom. The van der Waals surface area contributed by atoms with Gasteiger partial charge in [0.2, 0.25) is 0 Å². The Bertz CT molecular complexity index is 238. The lowest BCUT2D eigenvalue weighted by Gasteiger charge is -2.24. The molecule has 1 aliphatic heterocycles. The van der Waals surface area contributed by atoms with Crippen molar-refractivity contribution in [3.05, 3.63) is 12.3 Å². The van der Waals surface area contributed by atoms with Crippen LogP contribution >= 0.6 is 0 Å². The second-order valence-electron chi connectivity index (χ2n) is 2.29. The lowest BCUT2D eigenvalue weighted by molar-refractivity contribution is -0.140. The molecule has 1 atom stereocenters. The van der Waals surface area contributed by atoms with Gasteiger partial charge in [-0.3, -0.25) is 4.79 Å². The second kappa shape index (κ2) is 3.22. The van der Waals surface area contributed by atoms with Crippen LogP contribution in [-0.2, 0) is 4.79 Å². The van der Waals surface area contributed by atoms with Crippen LogP contribution in [0.25, 0.3) is 0 Å². The van der Waals surface area contributed by atoms with Gasteiger partial charge in [-0.15, -0.1) is 0 Å². The van der Waals surface area contributed by atoms with Crippen LogP contribution in [0, 0.1) is 0 Å². The van der Waals surface area contributed by atoms with Gasteiger partial charge in [-0.1, -0.05) is 6.08 Å². The lowest BCUT2D eigenvalue weighted by Crippen LogP contribution is -2.49. The van der Waals surface area contributed by atoms with Crippen LogP contribution in [0.15, 0.2) is 12.3 Å². The van der Waals surface area contributed by atoms with Gasteiger partial charge in [0.05, 0.1) is 0 Å². The smallest absolute Gasteiger partial charge is 0.426 e. The van der Waals surface area contributed by atoms with Gasteiger partial charge in [0, 0.05) is 6.20 Å². The molecule has 66 valence electrons. The number of hydrogen-bond acceptors (Lipinski definition) is 3. The summed E-state index contributed by atoms with van der Waals surface area (Å²) in [5.74, 6) is -1.06. The number of hydrogen-bond donors (Lipinski definition) is 3. The highest BCUT2D eigenvalue weighted by Gasteiger charge is 2.23. The molecule has 0 radical (unpaired) electrons. The molecule has 1 aliphatic rings. The largest absolute Gasteiger partial charge is 0.480 e. The third-order valence-electron chi connectivity index (χ3n) is 1.43. The van der Waals surface area contributed by atoms with Crippen LogP contribution in [-0.4, -0.2) is 33.3 Å². The average Bonchev–Trinajstić information content (AvgIpc) is 2.04. The molecule has 0 saturated carbocycles. The Kier molecular flexibility index (Phi) is 2.29. The third kappa shape index (κ3) is 1.73. The van der Waals surface area contributed by atoms with Crippen molar-refractivity contribution in [1.82, 2.24) is 10.4 Å². The van der Waals surface area contributed by atoms with Crippen LogP contribution in [0.5, 0.6) is 0 Å². The Hall–Kier alpha value is -1.56. The van der Waals surface area contributed by atoms with Crippen molar-refractivity contribution >= 4 is 12.1 Å². The van der Waals surface area contributed by atoms with Crippen molar-refractivity contribution in [2.45, 2.75) is 12.5 Å². The highest BCUT2D eigenvalue weighted by molar-refractivity contribution is 5.75. The van der Waals surface area contributed by atoms with Crippen LogP contribution < -0.4 is 5.43 Å². The molecular formula is C6H8N2O4. The van der Waals surface area contributed by atoms with E-state index in [2.05, 4.69) is 5.43 Å². The summed E-state index contributed by atoms with van der Waals surface area (Å²) in [5, 5.41) is 17.7. The van der Waals surface area contributed by atoms with Crippen LogP contribution in [0.1, 0.15) is 6.42 Å². The first-order chi connectivity index (χ1) is 5.61. The Balaban J connectivity index is 2.63. The van der Waals surface area contributed by atoms with Gasteiger partial charge < -0.3 is 10.2 Å². The van der Waals surface area contributed by atoms with Gasteiger partial charge >= 0.3 is 12.1 Å². The predicted octanol–water partition coefficient (Wildman–Crippen LogP) is -0.158. The fraction of sp³-hybridized carbons (Fsp3) is 0.333. The van der Waals surface area contributed by atoms with Crippen LogP contribution in [0.3, 0.4) is 0 Å². The van der Waals surface area contributed by atoms with Gasteiger partial charge in [0.15, 0.2) is 0 Å². The molecule has 6 nitrogen and oxygen atoms in total. The summed E-state index contributed by atoms with van der Waals surface area (Å²) in [7, 11) is 0. The number of carbonyl (C=O) groups is 2. The fourth-order valence-corrected chi connectivity index (χ4v) is 0.841. The zero-order valence-corrected chi connectivity index (χ0v) is 6.10. The van der Waals surface area contributed by atoms with E-state index in [0.29, 0.717) is 6.42 Å². The summed E-state index contributed by atoms with van der Waals surface area (Å²) in [6.07, 6.45) is 1.84. The van der Waals surface area contributed by atoms with E-state index in [1.807, 2.05) is 0 Å². The van der Waals surface area contributed by atoms with Crippen molar-refractivity contribution in [2.75, 3.05) is 0 Å². The topological polar surface area (TPSA) is 89.9 Å². The highest BCUT2D eigenvalue weighted by Crippen LogP contribution is 2.03. The number of carboxylic acid groups (broad SMARTS) is 2. The number of nitrogens with one attached hydrogen (secondary N) is 1. The summed E-state index contributed by atoms with van der Waals surface area (Å²) >= 11 is 0. The van der Waals surface area contributed by atoms with Gasteiger partial charge in [0.1, 0.15) is 6.04 Å². The minimum absolute atomic E-state index is 0.291. The number of carboxylic acids is 1. The Morgan fingerprint density at radius 2 is 2.17 bits per heavy atom. The maximum atomic E-state index is 10.4. The molecule has 6 heteroatoms. The molecule has 0 bridgehead atoms. The molecular weight excluding hydrogens is 164 g/mol. The van der Waals surface area contributed by atoms with E-state index in [4.69, 9.17) is 10.2 Å². The average molecular weight is 172 g/mol. The zero-order valence-electron chi connectivity index (χ0n) is 6.10. The van der Waals surface area contributed by atoms with Crippen molar-refractivity contribution in [1.29, 1.82) is 0 Å². The molecule has 0 aromatic rings. The summed E-state index contributed by atoms with van der Waals surface area (Å²) < 4.78 is 0. The number of aliphatic carboxylic acids is 1. The monoisotopic (exact) mass is 172 g/mol. The number of hydrazine groups is 1. The van der Waals surface area contributed by atoms with Gasteiger partial charge in [0.25, 0.3) is 0 Å². The second-order valence-corrected chi connectivity index (χ2v) is 2.29. The van der Waals surface area contributed by atoms with Crippen molar-refractivity contribution in [3.63, 3.8) is 0 Å². The minimum atomic E-state index is -1.22. The zero-order chi connectivity index (χ0) is 9.14. The predicted molar refractivity (Wildman–Crippen MR) is 38.2 cm³/mol. The lowest BCUT2D eigenvalue weighted by atomic mass is 10.2. The molecule has 1 amide bonds. The molecule has 0 spiro atoms. The summed E-state index contributed by atoms with van der Waals surface area (Å²) in [4.78, 5) is 20.7. The summed E-state index contributed by atoms with van der Waals surface area (Å²) in [5.41, 5.74) is 2.30. The van der Waals surface area contributed by atoms with Gasteiger partial charge in [-0.25, -0.2) is 15.2 Å². The van der Waals surface area contributed by atoms with E-state index in [1.165, 1.54) is 12.3 Å². The molecule has 1 rings (SSSR count). The van der Waals surface area contributed by atoms with E-state index < -0.39 is 18.1 Å². The standard InChI is InChI=1S/C6H8N2O4/c9-5(10)4-2-1-3-8(7-4)6(11)12/h1,3-4,7H,2H2,(H,9,10)(H,11,12).